The third-order valence-corrected chi connectivity index (χ3v) is 0.749. The highest BCUT2D eigenvalue weighted by atomic mass is 16.5. The molecule has 0 saturated heterocycles. The minimum atomic E-state index is -0.0985. The summed E-state index contributed by atoms with van der Waals surface area (Å²) in [5, 5.41) is 7.91. The number of hydrogen-bond donors (Lipinski definition) is 1. The van der Waals surface area contributed by atoms with E-state index in [2.05, 4.69) is 17.9 Å². The summed E-state index contributed by atoms with van der Waals surface area (Å²) in [6.45, 7) is 8.48. The molecular weight excluding hydrogens is 172 g/mol. The predicted molar refractivity (Wildman–Crippen MR) is 50.3 cm³/mol. The minimum absolute atomic E-state index is 0.0985. The molecule has 0 aliphatic carbocycles. The maximum atomic E-state index is 9.23. The highest BCUT2D eigenvalue weighted by Crippen LogP contribution is 1.72. The van der Waals surface area contributed by atoms with E-state index in [0.29, 0.717) is 19.7 Å². The maximum Gasteiger partial charge on any atom is 0.293 e. The molecule has 0 saturated carbocycles. The Hall–Kier alpha value is -1.13. The zero-order valence-electron chi connectivity index (χ0n) is 7.65. The molecule has 0 heterocycles. The number of aliphatic hydroxyl groups excluding tert-OH is 1. The molecule has 0 aromatic carbocycles. The molecule has 76 valence electrons. The first-order valence-electron chi connectivity index (χ1n) is 3.79. The summed E-state index contributed by atoms with van der Waals surface area (Å²) in [5.74, 6) is 0. The van der Waals surface area contributed by atoms with E-state index in [9.17, 15) is 4.79 Å². The molecule has 4 nitrogen and oxygen atoms in total. The van der Waals surface area contributed by atoms with Crippen LogP contribution in [0.1, 0.15) is 0 Å². The van der Waals surface area contributed by atoms with E-state index >= 15 is 0 Å². The lowest BCUT2D eigenvalue weighted by Crippen LogP contribution is -1.95. The summed E-state index contributed by atoms with van der Waals surface area (Å²) in [6, 6.07) is 0. The molecule has 0 radical (unpaired) electrons. The van der Waals surface area contributed by atoms with Crippen LogP contribution < -0.4 is 0 Å². The summed E-state index contributed by atoms with van der Waals surface area (Å²) in [4.78, 5) is 9.23. The molecule has 0 aromatic rings. The summed E-state index contributed by atoms with van der Waals surface area (Å²) < 4.78 is 8.95. The zero-order chi connectivity index (χ0) is 10.4. The monoisotopic (exact) mass is 188 g/mol. The second kappa shape index (κ2) is 17.1. The molecule has 0 spiro atoms. The first-order valence-corrected chi connectivity index (χ1v) is 3.79. The SMILES string of the molecule is C=CCOCC=C.O=COCCO. The predicted octanol–water partition coefficient (Wildman–Crippen LogP) is 0.527. The quantitative estimate of drug-likeness (QED) is 0.359. The Morgan fingerprint density at radius 2 is 1.77 bits per heavy atom. The van der Waals surface area contributed by atoms with Crippen molar-refractivity contribution in [2.45, 2.75) is 0 Å². The Balaban J connectivity index is 0. The molecule has 4 heteroatoms. The number of carbonyl (C=O) groups is 1. The van der Waals surface area contributed by atoms with E-state index in [1.165, 1.54) is 0 Å². The Labute approximate surface area is 78.5 Å². The van der Waals surface area contributed by atoms with Gasteiger partial charge < -0.3 is 14.6 Å². The van der Waals surface area contributed by atoms with Gasteiger partial charge in [-0.25, -0.2) is 0 Å². The number of carbonyl (C=O) groups excluding carboxylic acids is 1. The molecule has 0 fully saturated rings. The smallest absolute Gasteiger partial charge is 0.293 e. The van der Waals surface area contributed by atoms with E-state index < -0.39 is 0 Å². The lowest BCUT2D eigenvalue weighted by atomic mass is 10.6. The van der Waals surface area contributed by atoms with Crippen molar-refractivity contribution in [2.75, 3.05) is 26.4 Å². The highest BCUT2D eigenvalue weighted by Gasteiger charge is 1.72. The van der Waals surface area contributed by atoms with Gasteiger partial charge in [0, 0.05) is 0 Å². The van der Waals surface area contributed by atoms with Gasteiger partial charge in [0.15, 0.2) is 0 Å². The molecular formula is C9H16O4. The normalized spacial score (nSPS) is 7.77. The van der Waals surface area contributed by atoms with E-state index in [-0.39, 0.29) is 13.2 Å². The van der Waals surface area contributed by atoms with Crippen LogP contribution in [0.3, 0.4) is 0 Å². The fourth-order valence-corrected chi connectivity index (χ4v) is 0.336. The van der Waals surface area contributed by atoms with Crippen molar-refractivity contribution in [3.8, 4) is 0 Å². The number of rotatable bonds is 7. The standard InChI is InChI=1S/C6H10O.C3H6O3/c1-3-5-7-6-4-2;4-1-2-6-3-5/h3-4H,1-2,5-6H2;3-4H,1-2H2. The Bertz CT molecular complexity index is 115. The van der Waals surface area contributed by atoms with Crippen LogP contribution in [-0.2, 0) is 14.3 Å². The zero-order valence-corrected chi connectivity index (χ0v) is 7.65. The van der Waals surface area contributed by atoms with Crippen LogP contribution in [0, 0.1) is 0 Å². The molecule has 0 rings (SSSR count). The van der Waals surface area contributed by atoms with Crippen LogP contribution in [0.4, 0.5) is 0 Å². The number of ether oxygens (including phenoxy) is 2. The van der Waals surface area contributed by atoms with Gasteiger partial charge in [-0.3, -0.25) is 4.79 Å². The third kappa shape index (κ3) is 24.8. The van der Waals surface area contributed by atoms with Gasteiger partial charge in [0.25, 0.3) is 6.47 Å². The lowest BCUT2D eigenvalue weighted by Gasteiger charge is -1.89. The van der Waals surface area contributed by atoms with Crippen LogP contribution in [0.5, 0.6) is 0 Å². The van der Waals surface area contributed by atoms with Gasteiger partial charge in [-0.15, -0.1) is 13.2 Å². The molecule has 0 aromatic heterocycles. The van der Waals surface area contributed by atoms with Crippen molar-refractivity contribution >= 4 is 6.47 Å². The topological polar surface area (TPSA) is 55.8 Å². The van der Waals surface area contributed by atoms with E-state index in [1.54, 1.807) is 12.2 Å². The number of hydrogen-bond acceptors (Lipinski definition) is 4. The summed E-state index contributed by atoms with van der Waals surface area (Å²) in [7, 11) is 0. The molecule has 0 aliphatic rings. The Morgan fingerprint density at radius 3 is 2.00 bits per heavy atom. The Morgan fingerprint density at radius 1 is 1.23 bits per heavy atom. The van der Waals surface area contributed by atoms with Crippen LogP contribution in [0.25, 0.3) is 0 Å². The minimum Gasteiger partial charge on any atom is -0.465 e. The second-order valence-electron chi connectivity index (χ2n) is 1.81. The van der Waals surface area contributed by atoms with Crippen molar-refractivity contribution in [3.63, 3.8) is 0 Å². The van der Waals surface area contributed by atoms with Gasteiger partial charge >= 0.3 is 0 Å². The summed E-state index contributed by atoms with van der Waals surface area (Å²) in [5.41, 5.74) is 0. The molecule has 0 aliphatic heterocycles. The van der Waals surface area contributed by atoms with Crippen molar-refractivity contribution in [3.05, 3.63) is 25.3 Å². The van der Waals surface area contributed by atoms with Gasteiger partial charge in [-0.05, 0) is 0 Å². The highest BCUT2D eigenvalue weighted by molar-refractivity contribution is 5.36. The molecule has 0 atom stereocenters. The summed E-state index contributed by atoms with van der Waals surface area (Å²) >= 11 is 0. The third-order valence-electron chi connectivity index (χ3n) is 0.749. The van der Waals surface area contributed by atoms with Crippen molar-refractivity contribution in [2.24, 2.45) is 0 Å². The fourth-order valence-electron chi connectivity index (χ4n) is 0.336. The van der Waals surface area contributed by atoms with Crippen LogP contribution in [0.15, 0.2) is 25.3 Å². The van der Waals surface area contributed by atoms with Gasteiger partial charge in [-0.2, -0.15) is 0 Å². The summed E-state index contributed by atoms with van der Waals surface area (Å²) in [6.07, 6.45) is 3.42. The van der Waals surface area contributed by atoms with Crippen LogP contribution in [-0.4, -0.2) is 38.0 Å². The lowest BCUT2D eigenvalue weighted by molar-refractivity contribution is -0.129. The van der Waals surface area contributed by atoms with Crippen LogP contribution in [0.2, 0.25) is 0 Å². The molecule has 1 N–H and O–H groups in total. The van der Waals surface area contributed by atoms with Crippen molar-refractivity contribution in [1.82, 2.24) is 0 Å². The van der Waals surface area contributed by atoms with Gasteiger partial charge in [-0.1, -0.05) is 12.2 Å². The van der Waals surface area contributed by atoms with Gasteiger partial charge in [0.05, 0.1) is 19.8 Å². The molecule has 13 heavy (non-hydrogen) atoms. The van der Waals surface area contributed by atoms with Crippen LogP contribution >= 0.6 is 0 Å². The second-order valence-corrected chi connectivity index (χ2v) is 1.81. The first kappa shape index (κ1) is 14.4. The first-order chi connectivity index (χ1) is 6.33. The average molecular weight is 188 g/mol. The van der Waals surface area contributed by atoms with E-state index in [1.807, 2.05) is 0 Å². The average Bonchev–Trinajstić information content (AvgIpc) is 2.17. The van der Waals surface area contributed by atoms with E-state index in [4.69, 9.17) is 9.84 Å². The molecule has 0 bridgehead atoms. The van der Waals surface area contributed by atoms with Crippen molar-refractivity contribution in [1.29, 1.82) is 0 Å². The Kier molecular flexibility index (Phi) is 18.9. The van der Waals surface area contributed by atoms with Gasteiger partial charge in [0.1, 0.15) is 6.61 Å². The number of aliphatic hydroxyl groups is 1. The maximum absolute atomic E-state index is 9.23. The van der Waals surface area contributed by atoms with Crippen molar-refractivity contribution < 1.29 is 19.4 Å². The van der Waals surface area contributed by atoms with E-state index in [0.717, 1.165) is 0 Å². The largest absolute Gasteiger partial charge is 0.465 e. The van der Waals surface area contributed by atoms with Gasteiger partial charge in [0.2, 0.25) is 0 Å². The molecule has 0 unspecified atom stereocenters. The molecule has 0 amide bonds. The fraction of sp³-hybridized carbons (Fsp3) is 0.444.